The number of nitrogens with zero attached hydrogens (tertiary/aromatic N) is 1. The normalized spacial score (nSPS) is 9.75. The summed E-state index contributed by atoms with van der Waals surface area (Å²) in [7, 11) is 0. The Balaban J connectivity index is 2.61. The van der Waals surface area contributed by atoms with Gasteiger partial charge in [0.05, 0.1) is 11.6 Å². The van der Waals surface area contributed by atoms with Crippen LogP contribution in [0.5, 0.6) is 5.75 Å². The number of rotatable bonds is 1. The van der Waals surface area contributed by atoms with Crippen molar-refractivity contribution in [3.8, 4) is 22.9 Å². The van der Waals surface area contributed by atoms with Crippen LogP contribution in [-0.4, -0.2) is 5.11 Å². The van der Waals surface area contributed by atoms with Gasteiger partial charge < -0.3 is 5.11 Å². The van der Waals surface area contributed by atoms with Crippen molar-refractivity contribution in [2.45, 2.75) is 6.92 Å². The number of hydrogen-bond acceptors (Lipinski definition) is 2. The minimum absolute atomic E-state index is 0.123. The Morgan fingerprint density at radius 2 is 1.88 bits per heavy atom. The zero-order chi connectivity index (χ0) is 11.5. The second-order valence-corrected chi connectivity index (χ2v) is 3.70. The van der Waals surface area contributed by atoms with E-state index in [-0.39, 0.29) is 5.75 Å². The zero-order valence-electron chi connectivity index (χ0n) is 8.94. The molecule has 0 fully saturated rings. The van der Waals surface area contributed by atoms with E-state index in [1.807, 2.05) is 37.3 Å². The lowest BCUT2D eigenvalue weighted by Gasteiger charge is -2.06. The Labute approximate surface area is 94.4 Å². The highest BCUT2D eigenvalue weighted by molar-refractivity contribution is 5.70. The molecule has 0 aliphatic rings. The average Bonchev–Trinajstić information content (AvgIpc) is 2.28. The molecule has 0 amide bonds. The molecule has 0 unspecified atom stereocenters. The molecule has 0 saturated carbocycles. The number of nitriles is 1. The van der Waals surface area contributed by atoms with Crippen LogP contribution in [0, 0.1) is 18.3 Å². The van der Waals surface area contributed by atoms with E-state index < -0.39 is 0 Å². The van der Waals surface area contributed by atoms with Crippen LogP contribution in [-0.2, 0) is 0 Å². The van der Waals surface area contributed by atoms with Gasteiger partial charge in [0, 0.05) is 0 Å². The van der Waals surface area contributed by atoms with Crippen LogP contribution in [0.25, 0.3) is 11.1 Å². The van der Waals surface area contributed by atoms with E-state index >= 15 is 0 Å². The summed E-state index contributed by atoms with van der Waals surface area (Å²) in [5, 5.41) is 18.4. The molecule has 2 rings (SSSR count). The van der Waals surface area contributed by atoms with E-state index in [9.17, 15) is 5.11 Å². The van der Waals surface area contributed by atoms with E-state index in [4.69, 9.17) is 5.26 Å². The molecule has 0 aliphatic carbocycles. The lowest BCUT2D eigenvalue weighted by Crippen LogP contribution is -1.84. The molecule has 1 N–H and O–H groups in total. The molecule has 2 aromatic rings. The SMILES string of the molecule is Cc1ccccc1-c1cc(O)cc(C#N)c1. The van der Waals surface area contributed by atoms with Crippen molar-refractivity contribution in [2.75, 3.05) is 0 Å². The van der Waals surface area contributed by atoms with Crippen molar-refractivity contribution in [1.82, 2.24) is 0 Å². The molecule has 2 heteroatoms. The van der Waals surface area contributed by atoms with Crippen molar-refractivity contribution in [1.29, 1.82) is 5.26 Å². The fraction of sp³-hybridized carbons (Fsp3) is 0.0714. The van der Waals surface area contributed by atoms with Gasteiger partial charge in [-0.1, -0.05) is 24.3 Å². The van der Waals surface area contributed by atoms with E-state index in [0.29, 0.717) is 5.56 Å². The van der Waals surface area contributed by atoms with E-state index in [1.165, 1.54) is 6.07 Å². The number of hydrogen-bond donors (Lipinski definition) is 1. The highest BCUT2D eigenvalue weighted by Crippen LogP contribution is 2.27. The molecular weight excluding hydrogens is 198 g/mol. The second-order valence-electron chi connectivity index (χ2n) is 3.70. The standard InChI is InChI=1S/C14H11NO/c1-10-4-2-3-5-14(10)12-6-11(9-15)7-13(16)8-12/h2-8,16H,1H3. The van der Waals surface area contributed by atoms with Gasteiger partial charge in [-0.3, -0.25) is 0 Å². The zero-order valence-corrected chi connectivity index (χ0v) is 8.94. The van der Waals surface area contributed by atoms with E-state index in [2.05, 4.69) is 0 Å². The van der Waals surface area contributed by atoms with Crippen LogP contribution in [0.2, 0.25) is 0 Å². The monoisotopic (exact) mass is 209 g/mol. The molecule has 0 radical (unpaired) electrons. The number of benzene rings is 2. The van der Waals surface area contributed by atoms with Crippen LogP contribution in [0.1, 0.15) is 11.1 Å². The first-order valence-corrected chi connectivity index (χ1v) is 5.01. The summed E-state index contributed by atoms with van der Waals surface area (Å²) in [6.45, 7) is 2.01. The van der Waals surface area contributed by atoms with Crippen LogP contribution in [0.15, 0.2) is 42.5 Å². The molecule has 2 nitrogen and oxygen atoms in total. The predicted octanol–water partition coefficient (Wildman–Crippen LogP) is 3.24. The molecule has 0 aromatic heterocycles. The molecule has 0 aliphatic heterocycles. The molecule has 0 heterocycles. The highest BCUT2D eigenvalue weighted by atomic mass is 16.3. The summed E-state index contributed by atoms with van der Waals surface area (Å²) in [4.78, 5) is 0. The van der Waals surface area contributed by atoms with Crippen LogP contribution >= 0.6 is 0 Å². The van der Waals surface area contributed by atoms with Gasteiger partial charge >= 0.3 is 0 Å². The first kappa shape index (κ1) is 10.3. The summed E-state index contributed by atoms with van der Waals surface area (Å²) in [6.07, 6.45) is 0. The fourth-order valence-corrected chi connectivity index (χ4v) is 1.73. The van der Waals surface area contributed by atoms with Crippen molar-refractivity contribution >= 4 is 0 Å². The summed E-state index contributed by atoms with van der Waals surface area (Å²) < 4.78 is 0. The quantitative estimate of drug-likeness (QED) is 0.783. The first-order chi connectivity index (χ1) is 7.70. The topological polar surface area (TPSA) is 44.0 Å². The Hall–Kier alpha value is -2.27. The molecule has 0 spiro atoms. The van der Waals surface area contributed by atoms with Gasteiger partial charge in [-0.25, -0.2) is 0 Å². The highest BCUT2D eigenvalue weighted by Gasteiger charge is 2.04. The van der Waals surface area contributed by atoms with Crippen molar-refractivity contribution in [2.24, 2.45) is 0 Å². The molecule has 0 saturated heterocycles. The van der Waals surface area contributed by atoms with E-state index in [0.717, 1.165) is 16.7 Å². The molecule has 16 heavy (non-hydrogen) atoms. The Kier molecular flexibility index (Phi) is 2.61. The molecular formula is C14H11NO. The number of aromatic hydroxyl groups is 1. The molecule has 78 valence electrons. The minimum Gasteiger partial charge on any atom is -0.508 e. The van der Waals surface area contributed by atoms with Crippen molar-refractivity contribution in [3.05, 3.63) is 53.6 Å². The van der Waals surface area contributed by atoms with Crippen molar-refractivity contribution in [3.63, 3.8) is 0 Å². The van der Waals surface area contributed by atoms with Crippen LogP contribution in [0.4, 0.5) is 0 Å². The number of aryl methyl sites for hydroxylation is 1. The smallest absolute Gasteiger partial charge is 0.117 e. The Morgan fingerprint density at radius 3 is 2.56 bits per heavy atom. The minimum atomic E-state index is 0.123. The van der Waals surface area contributed by atoms with E-state index in [1.54, 1.807) is 12.1 Å². The maximum absolute atomic E-state index is 9.53. The Morgan fingerprint density at radius 1 is 1.12 bits per heavy atom. The summed E-state index contributed by atoms with van der Waals surface area (Å²) in [6, 6.07) is 14.8. The fourth-order valence-electron chi connectivity index (χ4n) is 1.73. The number of phenols is 1. The van der Waals surface area contributed by atoms with Gasteiger partial charge in [-0.2, -0.15) is 5.26 Å². The van der Waals surface area contributed by atoms with Crippen LogP contribution < -0.4 is 0 Å². The van der Waals surface area contributed by atoms with Gasteiger partial charge in [0.1, 0.15) is 5.75 Å². The maximum Gasteiger partial charge on any atom is 0.117 e. The van der Waals surface area contributed by atoms with Gasteiger partial charge in [0.2, 0.25) is 0 Å². The second kappa shape index (κ2) is 4.08. The van der Waals surface area contributed by atoms with Gasteiger partial charge in [0.15, 0.2) is 0 Å². The molecule has 2 aromatic carbocycles. The lowest BCUT2D eigenvalue weighted by atomic mass is 9.99. The van der Waals surface area contributed by atoms with Gasteiger partial charge in [0.25, 0.3) is 0 Å². The maximum atomic E-state index is 9.53. The van der Waals surface area contributed by atoms with Gasteiger partial charge in [-0.15, -0.1) is 0 Å². The average molecular weight is 209 g/mol. The third-order valence-electron chi connectivity index (χ3n) is 2.50. The Bertz CT molecular complexity index is 567. The predicted molar refractivity (Wildman–Crippen MR) is 63.0 cm³/mol. The van der Waals surface area contributed by atoms with Gasteiger partial charge in [-0.05, 0) is 41.8 Å². The third kappa shape index (κ3) is 1.89. The summed E-state index contributed by atoms with van der Waals surface area (Å²) in [5.74, 6) is 0.123. The van der Waals surface area contributed by atoms with Crippen molar-refractivity contribution < 1.29 is 5.11 Å². The lowest BCUT2D eigenvalue weighted by molar-refractivity contribution is 0.475. The summed E-state index contributed by atoms with van der Waals surface area (Å²) >= 11 is 0. The molecule has 0 bridgehead atoms. The molecule has 0 atom stereocenters. The largest absolute Gasteiger partial charge is 0.508 e. The first-order valence-electron chi connectivity index (χ1n) is 5.01. The van der Waals surface area contributed by atoms with Crippen LogP contribution in [0.3, 0.4) is 0 Å². The summed E-state index contributed by atoms with van der Waals surface area (Å²) in [5.41, 5.74) is 3.50. The number of phenolic OH excluding ortho intramolecular Hbond substituents is 1. The third-order valence-corrected chi connectivity index (χ3v) is 2.50.